The molecule has 2 rings (SSSR count). The van der Waals surface area contributed by atoms with Gasteiger partial charge in [-0.3, -0.25) is 28.9 Å². The number of carbonyl (C=O) groups excluding carboxylic acids is 4. The van der Waals surface area contributed by atoms with Crippen molar-refractivity contribution >= 4 is 35.2 Å². The first-order valence-corrected chi connectivity index (χ1v) is 8.06. The van der Waals surface area contributed by atoms with Crippen LogP contribution in [-0.2, 0) is 19.2 Å². The number of rotatable bonds is 7. The van der Waals surface area contributed by atoms with Crippen molar-refractivity contribution < 1.29 is 33.8 Å². The van der Waals surface area contributed by atoms with Crippen molar-refractivity contribution in [1.29, 1.82) is 0 Å². The summed E-state index contributed by atoms with van der Waals surface area (Å²) in [7, 11) is 0. The van der Waals surface area contributed by atoms with E-state index in [1.165, 1.54) is 24.8 Å². The number of carboxylic acid groups (broad SMARTS) is 1. The predicted molar refractivity (Wildman–Crippen MR) is 92.5 cm³/mol. The van der Waals surface area contributed by atoms with Gasteiger partial charge in [-0.1, -0.05) is 0 Å². The number of Topliss-reactive ketones (excluding diaryl/α,β-unsaturated/α-hetero) is 1. The Balaban J connectivity index is 2.12. The second kappa shape index (κ2) is 8.30. The van der Waals surface area contributed by atoms with E-state index in [4.69, 9.17) is 9.84 Å². The molecule has 144 valence electrons. The Hall–Kier alpha value is -3.43. The zero-order valence-corrected chi connectivity index (χ0v) is 14.8. The fourth-order valence-corrected chi connectivity index (χ4v) is 2.48. The largest absolute Gasteiger partial charge is 0.482 e. The lowest BCUT2D eigenvalue weighted by atomic mass is 10.1. The number of fused-ring (bicyclic) bond motifs is 1. The van der Waals surface area contributed by atoms with Gasteiger partial charge in [0.05, 0.1) is 12.2 Å². The summed E-state index contributed by atoms with van der Waals surface area (Å²) in [6.07, 6.45) is 0. The van der Waals surface area contributed by atoms with Gasteiger partial charge in [0.1, 0.15) is 18.3 Å². The number of anilines is 1. The van der Waals surface area contributed by atoms with Gasteiger partial charge in [0.25, 0.3) is 5.91 Å². The van der Waals surface area contributed by atoms with Gasteiger partial charge in [0.2, 0.25) is 11.8 Å². The summed E-state index contributed by atoms with van der Waals surface area (Å²) < 4.78 is 5.33. The molecular weight excluding hydrogens is 358 g/mol. The van der Waals surface area contributed by atoms with E-state index in [1.54, 1.807) is 12.1 Å². The zero-order valence-electron chi connectivity index (χ0n) is 14.8. The quantitative estimate of drug-likeness (QED) is 0.534. The molecule has 0 aliphatic carbocycles. The van der Waals surface area contributed by atoms with E-state index in [2.05, 4.69) is 10.6 Å². The third-order valence-electron chi connectivity index (χ3n) is 3.87. The van der Waals surface area contributed by atoms with Crippen LogP contribution in [0.3, 0.4) is 0 Å². The maximum absolute atomic E-state index is 12.3. The highest BCUT2D eigenvalue weighted by Crippen LogP contribution is 2.34. The molecule has 0 fully saturated rings. The monoisotopic (exact) mass is 377 g/mol. The van der Waals surface area contributed by atoms with E-state index in [-0.39, 0.29) is 18.1 Å². The van der Waals surface area contributed by atoms with Crippen LogP contribution in [0.25, 0.3) is 0 Å². The molecule has 1 aromatic carbocycles. The number of benzene rings is 1. The van der Waals surface area contributed by atoms with Crippen LogP contribution in [0.2, 0.25) is 0 Å². The molecule has 3 amide bonds. The van der Waals surface area contributed by atoms with E-state index in [9.17, 15) is 24.0 Å². The maximum Gasteiger partial charge on any atom is 0.322 e. The third-order valence-corrected chi connectivity index (χ3v) is 3.87. The molecule has 1 aromatic rings. The van der Waals surface area contributed by atoms with Gasteiger partial charge in [0.15, 0.2) is 12.4 Å². The molecule has 0 saturated carbocycles. The van der Waals surface area contributed by atoms with E-state index < -0.39 is 42.8 Å². The van der Waals surface area contributed by atoms with Crippen LogP contribution >= 0.6 is 0 Å². The summed E-state index contributed by atoms with van der Waals surface area (Å²) in [5.74, 6) is -2.82. The molecule has 10 nitrogen and oxygen atoms in total. The Morgan fingerprint density at radius 1 is 1.22 bits per heavy atom. The number of aliphatic carboxylic acids is 1. The lowest BCUT2D eigenvalue weighted by molar-refractivity contribution is -0.137. The summed E-state index contributed by atoms with van der Waals surface area (Å²) in [4.78, 5) is 59.4. The molecule has 0 aromatic heterocycles. The van der Waals surface area contributed by atoms with Crippen LogP contribution in [0.4, 0.5) is 5.69 Å². The molecular formula is C17H19N3O7. The summed E-state index contributed by atoms with van der Waals surface area (Å²) in [6, 6.07) is 3.61. The van der Waals surface area contributed by atoms with Crippen LogP contribution in [0.15, 0.2) is 18.2 Å². The minimum absolute atomic E-state index is 0.206. The van der Waals surface area contributed by atoms with Crippen molar-refractivity contribution in [3.63, 3.8) is 0 Å². The minimum atomic E-state index is -1.21. The number of nitrogens with zero attached hydrogens (tertiary/aromatic N) is 1. The first-order chi connectivity index (χ1) is 12.7. The van der Waals surface area contributed by atoms with Gasteiger partial charge in [-0.05, 0) is 32.0 Å². The summed E-state index contributed by atoms with van der Waals surface area (Å²) in [6.45, 7) is 1.59. The summed E-state index contributed by atoms with van der Waals surface area (Å²) in [5.41, 5.74) is 0.648. The van der Waals surface area contributed by atoms with Crippen LogP contribution in [0.5, 0.6) is 5.75 Å². The summed E-state index contributed by atoms with van der Waals surface area (Å²) >= 11 is 0. The topological polar surface area (TPSA) is 142 Å². The maximum atomic E-state index is 12.3. The lowest BCUT2D eigenvalue weighted by Gasteiger charge is -2.33. The molecule has 0 saturated heterocycles. The zero-order chi connectivity index (χ0) is 20.1. The number of amides is 3. The fourth-order valence-electron chi connectivity index (χ4n) is 2.48. The SMILES string of the molecule is CC(=O)c1ccc2c(c1)N(C(C)C(=O)NCC(=O)NCC(=O)O)C(=O)CO2. The highest BCUT2D eigenvalue weighted by Gasteiger charge is 2.33. The van der Waals surface area contributed by atoms with Crippen molar-refractivity contribution in [2.75, 3.05) is 24.6 Å². The van der Waals surface area contributed by atoms with E-state index in [0.717, 1.165) is 0 Å². The average molecular weight is 377 g/mol. The molecule has 1 aliphatic heterocycles. The number of nitrogens with one attached hydrogen (secondary N) is 2. The molecule has 1 heterocycles. The average Bonchev–Trinajstić information content (AvgIpc) is 2.63. The highest BCUT2D eigenvalue weighted by molar-refractivity contribution is 6.05. The fraction of sp³-hybridized carbons (Fsp3) is 0.353. The third kappa shape index (κ3) is 4.81. The minimum Gasteiger partial charge on any atom is -0.482 e. The van der Waals surface area contributed by atoms with Crippen LogP contribution < -0.4 is 20.3 Å². The number of ether oxygens (including phenoxy) is 1. The molecule has 0 bridgehead atoms. The molecule has 0 spiro atoms. The van der Waals surface area contributed by atoms with Gasteiger partial charge in [-0.2, -0.15) is 0 Å². The van der Waals surface area contributed by atoms with Crippen molar-refractivity contribution in [2.24, 2.45) is 0 Å². The van der Waals surface area contributed by atoms with Gasteiger partial charge in [-0.15, -0.1) is 0 Å². The van der Waals surface area contributed by atoms with Crippen LogP contribution in [0.1, 0.15) is 24.2 Å². The molecule has 10 heteroatoms. The number of carbonyl (C=O) groups is 5. The molecule has 1 unspecified atom stereocenters. The number of hydrogen-bond acceptors (Lipinski definition) is 6. The molecule has 27 heavy (non-hydrogen) atoms. The Morgan fingerprint density at radius 2 is 1.93 bits per heavy atom. The molecule has 1 aliphatic rings. The Labute approximate surface area is 154 Å². The second-order valence-electron chi connectivity index (χ2n) is 5.86. The van der Waals surface area contributed by atoms with Crippen molar-refractivity contribution in [1.82, 2.24) is 10.6 Å². The standard InChI is InChI=1S/C17H19N3O7/c1-9(17(26)19-6-14(22)18-7-16(24)25)20-12-5-11(10(2)21)3-4-13(12)27-8-15(20)23/h3-5,9H,6-8H2,1-2H3,(H,18,22)(H,19,26)(H,24,25). The van der Waals surface area contributed by atoms with E-state index in [1.807, 2.05) is 0 Å². The molecule has 1 atom stereocenters. The highest BCUT2D eigenvalue weighted by atomic mass is 16.5. The van der Waals surface area contributed by atoms with Gasteiger partial charge in [-0.25, -0.2) is 0 Å². The second-order valence-corrected chi connectivity index (χ2v) is 5.86. The number of carboxylic acids is 1. The van der Waals surface area contributed by atoms with Crippen LogP contribution in [-0.4, -0.2) is 60.3 Å². The van der Waals surface area contributed by atoms with E-state index >= 15 is 0 Å². The van der Waals surface area contributed by atoms with Gasteiger partial charge in [0, 0.05) is 5.56 Å². The van der Waals surface area contributed by atoms with Crippen molar-refractivity contribution in [3.05, 3.63) is 23.8 Å². The van der Waals surface area contributed by atoms with Crippen molar-refractivity contribution in [3.8, 4) is 5.75 Å². The van der Waals surface area contributed by atoms with Gasteiger partial charge >= 0.3 is 5.97 Å². The molecule has 3 N–H and O–H groups in total. The smallest absolute Gasteiger partial charge is 0.322 e. The predicted octanol–water partition coefficient (Wildman–Crippen LogP) is -0.680. The molecule has 0 radical (unpaired) electrons. The van der Waals surface area contributed by atoms with Crippen LogP contribution in [0, 0.1) is 0 Å². The lowest BCUT2D eigenvalue weighted by Crippen LogP contribution is -2.52. The Kier molecular flexibility index (Phi) is 6.11. The number of ketones is 1. The Morgan fingerprint density at radius 3 is 2.56 bits per heavy atom. The number of hydrogen-bond donors (Lipinski definition) is 3. The normalized spacial score (nSPS) is 13.9. The van der Waals surface area contributed by atoms with E-state index in [0.29, 0.717) is 11.3 Å². The first-order valence-electron chi connectivity index (χ1n) is 8.06. The van der Waals surface area contributed by atoms with Gasteiger partial charge < -0.3 is 20.5 Å². The summed E-state index contributed by atoms with van der Waals surface area (Å²) in [5, 5.41) is 13.0. The van der Waals surface area contributed by atoms with Crippen molar-refractivity contribution in [2.45, 2.75) is 19.9 Å². The Bertz CT molecular complexity index is 806. The first kappa shape index (κ1) is 19.9.